The predicted octanol–water partition coefficient (Wildman–Crippen LogP) is 3.24. The zero-order chi connectivity index (χ0) is 10.1. The van der Waals surface area contributed by atoms with E-state index in [1.807, 2.05) is 12.4 Å². The molecule has 1 unspecified atom stereocenters. The van der Waals surface area contributed by atoms with E-state index in [1.165, 1.54) is 16.7 Å². The smallest absolute Gasteiger partial charge is 0.0279 e. The number of hydrogen-bond donors (Lipinski definition) is 0. The number of rotatable bonds is 1. The molecule has 0 amide bonds. The Morgan fingerprint density at radius 2 is 1.73 bits per heavy atom. The van der Waals surface area contributed by atoms with Crippen LogP contribution >= 0.6 is 0 Å². The van der Waals surface area contributed by atoms with E-state index in [-0.39, 0.29) is 0 Å². The third kappa shape index (κ3) is 1.37. The second kappa shape index (κ2) is 3.35. The van der Waals surface area contributed by atoms with Gasteiger partial charge >= 0.3 is 0 Å². The number of fused-ring (bicyclic) bond motifs is 1. The van der Waals surface area contributed by atoms with Gasteiger partial charge in [0, 0.05) is 18.3 Å². The molecular weight excluding hydrogens is 182 g/mol. The molecule has 0 spiro atoms. The van der Waals surface area contributed by atoms with Crippen LogP contribution in [0.15, 0.2) is 54.9 Å². The molecule has 3 rings (SSSR count). The highest BCUT2D eigenvalue weighted by molar-refractivity contribution is 5.64. The quantitative estimate of drug-likeness (QED) is 0.677. The summed E-state index contributed by atoms with van der Waals surface area (Å²) in [4.78, 5) is 4.05. The molecule has 1 aliphatic rings. The first-order valence-corrected chi connectivity index (χ1v) is 5.12. The lowest BCUT2D eigenvalue weighted by molar-refractivity contribution is 1.04. The monoisotopic (exact) mass is 193 g/mol. The predicted molar refractivity (Wildman–Crippen MR) is 61.6 cm³/mol. The normalized spacial score (nSPS) is 17.7. The number of nitrogens with zero attached hydrogens (tertiary/aromatic N) is 1. The summed E-state index contributed by atoms with van der Waals surface area (Å²) in [7, 11) is 0. The average Bonchev–Trinajstić information content (AvgIpc) is 2.74. The Bertz CT molecular complexity index is 500. The molecule has 0 radical (unpaired) electrons. The molecule has 1 heteroatoms. The summed E-state index contributed by atoms with van der Waals surface area (Å²) in [5.41, 5.74) is 4.04. The number of hydrogen-bond acceptors (Lipinski definition) is 1. The molecule has 0 fully saturated rings. The van der Waals surface area contributed by atoms with Crippen molar-refractivity contribution in [3.05, 3.63) is 71.6 Å². The SMILES string of the molecule is C1=CC(c2ccncc2)c2ccccc21. The van der Waals surface area contributed by atoms with Crippen LogP contribution < -0.4 is 0 Å². The Morgan fingerprint density at radius 3 is 2.60 bits per heavy atom. The van der Waals surface area contributed by atoms with Gasteiger partial charge in [-0.3, -0.25) is 4.98 Å². The van der Waals surface area contributed by atoms with Crippen LogP contribution in [-0.4, -0.2) is 4.98 Å². The third-order valence-corrected chi connectivity index (χ3v) is 2.86. The van der Waals surface area contributed by atoms with Gasteiger partial charge in [0.2, 0.25) is 0 Å². The Morgan fingerprint density at radius 1 is 0.933 bits per heavy atom. The van der Waals surface area contributed by atoms with Gasteiger partial charge in [0.15, 0.2) is 0 Å². The fourth-order valence-corrected chi connectivity index (χ4v) is 2.11. The summed E-state index contributed by atoms with van der Waals surface area (Å²) in [6.07, 6.45) is 8.15. The number of pyridine rings is 1. The molecule has 2 aromatic rings. The van der Waals surface area contributed by atoms with Gasteiger partial charge in [0.05, 0.1) is 0 Å². The highest BCUT2D eigenvalue weighted by atomic mass is 14.6. The lowest BCUT2D eigenvalue weighted by Crippen LogP contribution is -1.95. The largest absolute Gasteiger partial charge is 0.265 e. The molecule has 0 N–H and O–H groups in total. The molecule has 1 aromatic heterocycles. The molecule has 0 aliphatic heterocycles. The average molecular weight is 193 g/mol. The Hall–Kier alpha value is -1.89. The lowest BCUT2D eigenvalue weighted by atomic mass is 9.94. The van der Waals surface area contributed by atoms with E-state index in [1.54, 1.807) is 0 Å². The number of benzene rings is 1. The van der Waals surface area contributed by atoms with Crippen LogP contribution in [0.25, 0.3) is 6.08 Å². The highest BCUT2D eigenvalue weighted by Gasteiger charge is 2.17. The van der Waals surface area contributed by atoms with E-state index < -0.39 is 0 Å². The van der Waals surface area contributed by atoms with Gasteiger partial charge in [0.25, 0.3) is 0 Å². The fraction of sp³-hybridized carbons (Fsp3) is 0.0714. The van der Waals surface area contributed by atoms with Crippen LogP contribution in [0.4, 0.5) is 0 Å². The van der Waals surface area contributed by atoms with E-state index in [9.17, 15) is 0 Å². The summed E-state index contributed by atoms with van der Waals surface area (Å²) in [5, 5.41) is 0. The van der Waals surface area contributed by atoms with Crippen LogP contribution in [-0.2, 0) is 0 Å². The van der Waals surface area contributed by atoms with Crippen molar-refractivity contribution in [2.75, 3.05) is 0 Å². The second-order valence-electron chi connectivity index (χ2n) is 3.75. The van der Waals surface area contributed by atoms with E-state index in [0.717, 1.165) is 0 Å². The van der Waals surface area contributed by atoms with Gasteiger partial charge in [-0.05, 0) is 28.8 Å². The van der Waals surface area contributed by atoms with Crippen molar-refractivity contribution in [3.63, 3.8) is 0 Å². The van der Waals surface area contributed by atoms with Crippen molar-refractivity contribution in [1.29, 1.82) is 0 Å². The van der Waals surface area contributed by atoms with Crippen LogP contribution in [0.5, 0.6) is 0 Å². The van der Waals surface area contributed by atoms with Gasteiger partial charge in [0.1, 0.15) is 0 Å². The first kappa shape index (κ1) is 8.42. The molecule has 1 heterocycles. The number of aromatic nitrogens is 1. The molecular formula is C14H11N. The highest BCUT2D eigenvalue weighted by Crippen LogP contribution is 2.34. The van der Waals surface area contributed by atoms with Gasteiger partial charge in [-0.15, -0.1) is 0 Å². The molecule has 15 heavy (non-hydrogen) atoms. The zero-order valence-corrected chi connectivity index (χ0v) is 8.30. The topological polar surface area (TPSA) is 12.9 Å². The summed E-state index contributed by atoms with van der Waals surface area (Å²) in [5.74, 6) is 0.407. The minimum atomic E-state index is 0.407. The maximum atomic E-state index is 4.05. The summed E-state index contributed by atoms with van der Waals surface area (Å²) < 4.78 is 0. The van der Waals surface area contributed by atoms with Crippen molar-refractivity contribution in [2.24, 2.45) is 0 Å². The maximum absolute atomic E-state index is 4.05. The van der Waals surface area contributed by atoms with Crippen molar-refractivity contribution >= 4 is 6.08 Å². The minimum absolute atomic E-state index is 0.407. The van der Waals surface area contributed by atoms with Crippen LogP contribution in [0.2, 0.25) is 0 Å². The Balaban J connectivity index is 2.09. The van der Waals surface area contributed by atoms with Crippen molar-refractivity contribution in [3.8, 4) is 0 Å². The fourth-order valence-electron chi connectivity index (χ4n) is 2.11. The first-order chi connectivity index (χ1) is 7.45. The molecule has 1 atom stereocenters. The van der Waals surface area contributed by atoms with Gasteiger partial charge in [-0.2, -0.15) is 0 Å². The van der Waals surface area contributed by atoms with Crippen LogP contribution in [0.3, 0.4) is 0 Å². The van der Waals surface area contributed by atoms with E-state index in [2.05, 4.69) is 53.5 Å². The van der Waals surface area contributed by atoms with Crippen molar-refractivity contribution < 1.29 is 0 Å². The summed E-state index contributed by atoms with van der Waals surface area (Å²) in [6, 6.07) is 12.7. The van der Waals surface area contributed by atoms with Gasteiger partial charge < -0.3 is 0 Å². The first-order valence-electron chi connectivity index (χ1n) is 5.12. The van der Waals surface area contributed by atoms with Crippen molar-refractivity contribution in [2.45, 2.75) is 5.92 Å². The maximum Gasteiger partial charge on any atom is 0.0279 e. The summed E-state index contributed by atoms with van der Waals surface area (Å²) in [6.45, 7) is 0. The molecule has 1 aromatic carbocycles. The summed E-state index contributed by atoms with van der Waals surface area (Å²) >= 11 is 0. The molecule has 0 bridgehead atoms. The minimum Gasteiger partial charge on any atom is -0.265 e. The van der Waals surface area contributed by atoms with Crippen LogP contribution in [0, 0.1) is 0 Å². The zero-order valence-electron chi connectivity index (χ0n) is 8.30. The Labute approximate surface area is 89.1 Å². The van der Waals surface area contributed by atoms with Gasteiger partial charge in [-0.1, -0.05) is 36.4 Å². The van der Waals surface area contributed by atoms with E-state index >= 15 is 0 Å². The van der Waals surface area contributed by atoms with E-state index in [0.29, 0.717) is 5.92 Å². The molecule has 1 nitrogen and oxygen atoms in total. The Kier molecular flexibility index (Phi) is 1.88. The second-order valence-corrected chi connectivity index (χ2v) is 3.75. The van der Waals surface area contributed by atoms with Crippen molar-refractivity contribution in [1.82, 2.24) is 4.98 Å². The van der Waals surface area contributed by atoms with Gasteiger partial charge in [-0.25, -0.2) is 0 Å². The standard InChI is InChI=1S/C14H11N/c1-2-4-13-11(3-1)5-6-14(13)12-7-9-15-10-8-12/h1-10,14H. The number of allylic oxidation sites excluding steroid dienone is 1. The molecule has 1 aliphatic carbocycles. The molecule has 0 saturated heterocycles. The molecule has 0 saturated carbocycles. The third-order valence-electron chi connectivity index (χ3n) is 2.86. The lowest BCUT2D eigenvalue weighted by Gasteiger charge is -2.10. The van der Waals surface area contributed by atoms with Crippen LogP contribution in [0.1, 0.15) is 22.6 Å². The molecule has 72 valence electrons. The van der Waals surface area contributed by atoms with E-state index in [4.69, 9.17) is 0 Å².